The van der Waals surface area contributed by atoms with Gasteiger partial charge >= 0.3 is 0 Å². The lowest BCUT2D eigenvalue weighted by Crippen LogP contribution is -2.26. The summed E-state index contributed by atoms with van der Waals surface area (Å²) in [5.74, 6) is 0.885. The molecule has 1 radical (unpaired) electrons. The Labute approximate surface area is 156 Å². The van der Waals surface area contributed by atoms with Crippen molar-refractivity contribution in [2.24, 2.45) is 0 Å². The first-order valence-electron chi connectivity index (χ1n) is 9.08. The fourth-order valence-electron chi connectivity index (χ4n) is 2.89. The van der Waals surface area contributed by atoms with Crippen LogP contribution in [0.1, 0.15) is 37.5 Å². The number of nitrogens with zero attached hydrogens (tertiary/aromatic N) is 3. The molecule has 0 atom stereocenters. The van der Waals surface area contributed by atoms with E-state index in [2.05, 4.69) is 66.0 Å². The molecule has 0 aliphatic heterocycles. The molecule has 3 heteroatoms. The summed E-state index contributed by atoms with van der Waals surface area (Å²) in [7, 11) is 0. The highest BCUT2D eigenvalue weighted by Gasteiger charge is 2.13. The van der Waals surface area contributed by atoms with Crippen LogP contribution in [-0.2, 0) is 18.4 Å². The van der Waals surface area contributed by atoms with Crippen LogP contribution in [0.5, 0.6) is 0 Å². The summed E-state index contributed by atoms with van der Waals surface area (Å²) < 4.78 is 0. The molecule has 133 valence electrons. The van der Waals surface area contributed by atoms with Gasteiger partial charge < -0.3 is 4.90 Å². The number of hydrogen-bond acceptors (Lipinski definition) is 3. The molecule has 0 spiro atoms. The third-order valence-electron chi connectivity index (χ3n) is 4.50. The van der Waals surface area contributed by atoms with E-state index in [1.807, 2.05) is 42.9 Å². The summed E-state index contributed by atoms with van der Waals surface area (Å²) in [5.41, 5.74) is 4.12. The minimum atomic E-state index is 0.189. The Bertz CT molecular complexity index is 790. The molecule has 1 aromatic carbocycles. The number of pyridine rings is 2. The van der Waals surface area contributed by atoms with Crippen LogP contribution in [0, 0.1) is 6.07 Å². The summed E-state index contributed by atoms with van der Waals surface area (Å²) in [6, 6.07) is 20.1. The molecule has 2 aromatic heterocycles. The average molecular weight is 344 g/mol. The lowest BCUT2D eigenvalue weighted by atomic mass is 9.86. The van der Waals surface area contributed by atoms with Gasteiger partial charge in [-0.1, -0.05) is 45.0 Å². The standard InChI is InChI=1S/C23H26N3/c1-23(2,3)21-9-7-19(8-10-21)13-17-26(22-6-4-5-14-25-22)18-20-11-15-24-16-12-20/h4-5,7-12,14-16H,13,17-18H2,1-3H3. The van der Waals surface area contributed by atoms with Crippen molar-refractivity contribution >= 4 is 5.82 Å². The Hall–Kier alpha value is -2.68. The third kappa shape index (κ3) is 4.92. The van der Waals surface area contributed by atoms with Crippen LogP contribution in [0.2, 0.25) is 0 Å². The molecule has 3 rings (SSSR count). The summed E-state index contributed by atoms with van der Waals surface area (Å²) in [5, 5.41) is 0. The van der Waals surface area contributed by atoms with Crippen molar-refractivity contribution in [2.75, 3.05) is 11.4 Å². The first kappa shape index (κ1) is 18.1. The van der Waals surface area contributed by atoms with Gasteiger partial charge in [0.1, 0.15) is 5.82 Å². The maximum absolute atomic E-state index is 4.49. The van der Waals surface area contributed by atoms with Crippen molar-refractivity contribution in [3.63, 3.8) is 0 Å². The van der Waals surface area contributed by atoms with Gasteiger partial charge in [0.2, 0.25) is 0 Å². The number of rotatable bonds is 6. The van der Waals surface area contributed by atoms with E-state index in [4.69, 9.17) is 0 Å². The summed E-state index contributed by atoms with van der Waals surface area (Å²) in [6.45, 7) is 8.43. The van der Waals surface area contributed by atoms with Gasteiger partial charge in [-0.3, -0.25) is 4.98 Å². The van der Waals surface area contributed by atoms with Crippen molar-refractivity contribution in [1.29, 1.82) is 0 Å². The molecule has 0 unspecified atom stereocenters. The fraction of sp³-hybridized carbons (Fsp3) is 0.304. The Morgan fingerprint density at radius 1 is 0.923 bits per heavy atom. The van der Waals surface area contributed by atoms with Crippen molar-refractivity contribution in [2.45, 2.75) is 39.2 Å². The normalized spacial score (nSPS) is 11.3. The van der Waals surface area contributed by atoms with Gasteiger partial charge in [0.05, 0.1) is 0 Å². The molecule has 0 saturated carbocycles. The summed E-state index contributed by atoms with van der Waals surface area (Å²) in [4.78, 5) is 10.9. The minimum Gasteiger partial charge on any atom is -0.351 e. The van der Waals surface area contributed by atoms with Crippen molar-refractivity contribution < 1.29 is 0 Å². The molecule has 26 heavy (non-hydrogen) atoms. The lowest BCUT2D eigenvalue weighted by Gasteiger charge is -2.24. The van der Waals surface area contributed by atoms with Gasteiger partial charge in [-0.05, 0) is 52.8 Å². The zero-order chi connectivity index (χ0) is 18.4. The monoisotopic (exact) mass is 344 g/mol. The largest absolute Gasteiger partial charge is 0.351 e. The van der Waals surface area contributed by atoms with Gasteiger partial charge in [0, 0.05) is 37.7 Å². The van der Waals surface area contributed by atoms with E-state index < -0.39 is 0 Å². The highest BCUT2D eigenvalue weighted by atomic mass is 15.2. The third-order valence-corrected chi connectivity index (χ3v) is 4.50. The maximum Gasteiger partial charge on any atom is 0.136 e. The highest BCUT2D eigenvalue weighted by Crippen LogP contribution is 2.22. The predicted molar refractivity (Wildman–Crippen MR) is 107 cm³/mol. The first-order valence-corrected chi connectivity index (χ1v) is 9.08. The Kier molecular flexibility index (Phi) is 5.67. The van der Waals surface area contributed by atoms with E-state index in [0.29, 0.717) is 0 Å². The number of benzene rings is 1. The first-order chi connectivity index (χ1) is 12.5. The van der Waals surface area contributed by atoms with Crippen molar-refractivity contribution in [3.8, 4) is 0 Å². The average Bonchev–Trinajstić information content (AvgIpc) is 2.66. The Morgan fingerprint density at radius 3 is 2.27 bits per heavy atom. The molecular weight excluding hydrogens is 318 g/mol. The van der Waals surface area contributed by atoms with Crippen LogP contribution in [0.25, 0.3) is 0 Å². The van der Waals surface area contributed by atoms with Crippen LogP contribution < -0.4 is 4.90 Å². The molecule has 3 nitrogen and oxygen atoms in total. The number of anilines is 1. The second-order valence-electron chi connectivity index (χ2n) is 7.58. The molecule has 0 bridgehead atoms. The van der Waals surface area contributed by atoms with E-state index in [1.165, 1.54) is 16.7 Å². The van der Waals surface area contributed by atoms with Crippen LogP contribution in [0.15, 0.2) is 67.1 Å². The zero-order valence-corrected chi connectivity index (χ0v) is 15.8. The fourth-order valence-corrected chi connectivity index (χ4v) is 2.89. The molecule has 0 fully saturated rings. The molecule has 0 saturated heterocycles. The predicted octanol–water partition coefficient (Wildman–Crippen LogP) is 4.82. The van der Waals surface area contributed by atoms with Gasteiger partial charge in [-0.25, -0.2) is 4.98 Å². The van der Waals surface area contributed by atoms with E-state index in [-0.39, 0.29) is 5.41 Å². The van der Waals surface area contributed by atoms with Crippen molar-refractivity contribution in [3.05, 3.63) is 89.9 Å². The molecule has 0 aliphatic carbocycles. The Morgan fingerprint density at radius 2 is 1.65 bits per heavy atom. The lowest BCUT2D eigenvalue weighted by molar-refractivity contribution is 0.590. The maximum atomic E-state index is 4.49. The zero-order valence-electron chi connectivity index (χ0n) is 15.8. The smallest absolute Gasteiger partial charge is 0.136 e. The minimum absolute atomic E-state index is 0.189. The van der Waals surface area contributed by atoms with Crippen LogP contribution in [0.4, 0.5) is 5.82 Å². The summed E-state index contributed by atoms with van der Waals surface area (Å²) in [6.07, 6.45) is 6.46. The topological polar surface area (TPSA) is 29.0 Å². The van der Waals surface area contributed by atoms with Gasteiger partial charge in [0.25, 0.3) is 0 Å². The second-order valence-corrected chi connectivity index (χ2v) is 7.58. The van der Waals surface area contributed by atoms with Crippen molar-refractivity contribution in [1.82, 2.24) is 9.97 Å². The summed E-state index contributed by atoms with van der Waals surface area (Å²) >= 11 is 0. The molecule has 0 aliphatic rings. The highest BCUT2D eigenvalue weighted by molar-refractivity contribution is 5.38. The van der Waals surface area contributed by atoms with Gasteiger partial charge in [-0.15, -0.1) is 0 Å². The van der Waals surface area contributed by atoms with Crippen LogP contribution in [-0.4, -0.2) is 16.5 Å². The molecule has 2 heterocycles. The second kappa shape index (κ2) is 8.13. The van der Waals surface area contributed by atoms with E-state index in [9.17, 15) is 0 Å². The molecule has 0 N–H and O–H groups in total. The molecule has 3 aromatic rings. The van der Waals surface area contributed by atoms with E-state index in [1.54, 1.807) is 0 Å². The quantitative estimate of drug-likeness (QED) is 0.642. The number of hydrogen-bond donors (Lipinski definition) is 0. The van der Waals surface area contributed by atoms with E-state index >= 15 is 0 Å². The molecule has 0 amide bonds. The van der Waals surface area contributed by atoms with Gasteiger partial charge in [-0.2, -0.15) is 0 Å². The van der Waals surface area contributed by atoms with Gasteiger partial charge in [0.15, 0.2) is 0 Å². The number of aromatic nitrogens is 2. The SMILES string of the molecule is CC(C)(C)c1ccc(CCN(Cc2ccncc2)c2[c]cccn2)cc1. The van der Waals surface area contributed by atoms with Crippen LogP contribution in [0.3, 0.4) is 0 Å². The Balaban J connectivity index is 1.72. The molecular formula is C23H26N3. The van der Waals surface area contributed by atoms with E-state index in [0.717, 1.165) is 25.3 Å². The van der Waals surface area contributed by atoms with Crippen LogP contribution >= 0.6 is 0 Å².